The SMILES string of the molecule is Cl.NCC1CCCCN1C(=O)c1nc(Cl)sc1-c1ccc(F)cc1. The van der Waals surface area contributed by atoms with Gasteiger partial charge in [-0.1, -0.05) is 23.7 Å². The number of halogens is 3. The zero-order valence-corrected chi connectivity index (χ0v) is 15.3. The van der Waals surface area contributed by atoms with Gasteiger partial charge in [0.2, 0.25) is 0 Å². The Bertz CT molecular complexity index is 708. The number of rotatable bonds is 3. The van der Waals surface area contributed by atoms with Crippen LogP contribution in [0.25, 0.3) is 10.4 Å². The number of aromatic nitrogens is 1. The molecular weight excluding hydrogens is 372 g/mol. The number of nitrogens with zero attached hydrogens (tertiary/aromatic N) is 2. The van der Waals surface area contributed by atoms with Crippen molar-refractivity contribution >= 4 is 41.3 Å². The van der Waals surface area contributed by atoms with Crippen LogP contribution < -0.4 is 5.73 Å². The molecule has 24 heavy (non-hydrogen) atoms. The number of likely N-dealkylation sites (tertiary alicyclic amines) is 1. The fourth-order valence-electron chi connectivity index (χ4n) is 2.88. The molecule has 0 aliphatic carbocycles. The van der Waals surface area contributed by atoms with Crippen molar-refractivity contribution in [2.24, 2.45) is 5.73 Å². The molecule has 1 amide bonds. The standard InChI is InChI=1S/C16H17ClFN3OS.ClH/c17-16-20-13(14(23-16)10-4-6-11(18)7-5-10)15(22)21-8-2-1-3-12(21)9-19;/h4-7,12H,1-3,8-9,19H2;1H. The first kappa shape index (κ1) is 19.1. The summed E-state index contributed by atoms with van der Waals surface area (Å²) < 4.78 is 13.4. The van der Waals surface area contributed by atoms with Crippen LogP contribution in [0.3, 0.4) is 0 Å². The van der Waals surface area contributed by atoms with Gasteiger partial charge in [0.15, 0.2) is 4.47 Å². The molecule has 2 heterocycles. The Morgan fingerprint density at radius 1 is 1.38 bits per heavy atom. The van der Waals surface area contributed by atoms with Gasteiger partial charge in [0.25, 0.3) is 5.91 Å². The average molecular weight is 390 g/mol. The molecule has 1 unspecified atom stereocenters. The second kappa shape index (κ2) is 8.25. The van der Waals surface area contributed by atoms with Crippen molar-refractivity contribution in [2.75, 3.05) is 13.1 Å². The zero-order chi connectivity index (χ0) is 16.4. The molecule has 2 N–H and O–H groups in total. The van der Waals surface area contributed by atoms with E-state index in [1.807, 2.05) is 0 Å². The maximum absolute atomic E-state index is 13.1. The number of hydrogen-bond acceptors (Lipinski definition) is 4. The smallest absolute Gasteiger partial charge is 0.274 e. The van der Waals surface area contributed by atoms with Gasteiger partial charge in [-0.25, -0.2) is 9.37 Å². The van der Waals surface area contributed by atoms with Gasteiger partial charge >= 0.3 is 0 Å². The summed E-state index contributed by atoms with van der Waals surface area (Å²) in [5, 5.41) is 0. The molecule has 2 aromatic rings. The van der Waals surface area contributed by atoms with E-state index in [2.05, 4.69) is 4.98 Å². The van der Waals surface area contributed by atoms with Crippen LogP contribution in [0.5, 0.6) is 0 Å². The lowest BCUT2D eigenvalue weighted by Gasteiger charge is -2.34. The van der Waals surface area contributed by atoms with Crippen molar-refractivity contribution in [3.63, 3.8) is 0 Å². The van der Waals surface area contributed by atoms with E-state index < -0.39 is 0 Å². The molecule has 8 heteroatoms. The van der Waals surface area contributed by atoms with Gasteiger partial charge in [-0.05, 0) is 37.0 Å². The summed E-state index contributed by atoms with van der Waals surface area (Å²) in [6.45, 7) is 1.12. The molecule has 130 valence electrons. The number of amides is 1. The molecule has 0 saturated carbocycles. The monoisotopic (exact) mass is 389 g/mol. The first-order chi connectivity index (χ1) is 11.1. The van der Waals surface area contributed by atoms with Crippen molar-refractivity contribution in [1.29, 1.82) is 0 Å². The maximum Gasteiger partial charge on any atom is 0.274 e. The van der Waals surface area contributed by atoms with Gasteiger partial charge in [-0.15, -0.1) is 23.7 Å². The van der Waals surface area contributed by atoms with Gasteiger partial charge < -0.3 is 10.6 Å². The molecule has 1 aliphatic rings. The van der Waals surface area contributed by atoms with Crippen molar-refractivity contribution in [3.8, 4) is 10.4 Å². The Labute approximate surface area is 155 Å². The van der Waals surface area contributed by atoms with Crippen LogP contribution in [0.4, 0.5) is 4.39 Å². The lowest BCUT2D eigenvalue weighted by Crippen LogP contribution is -2.47. The molecule has 0 spiro atoms. The minimum Gasteiger partial charge on any atom is -0.333 e. The molecule has 1 saturated heterocycles. The largest absolute Gasteiger partial charge is 0.333 e. The van der Waals surface area contributed by atoms with Crippen LogP contribution in [-0.2, 0) is 0 Å². The van der Waals surface area contributed by atoms with Crippen molar-refractivity contribution < 1.29 is 9.18 Å². The molecule has 1 atom stereocenters. The first-order valence-corrected chi connectivity index (χ1v) is 8.73. The fraction of sp³-hybridized carbons (Fsp3) is 0.375. The first-order valence-electron chi connectivity index (χ1n) is 7.53. The third-order valence-electron chi connectivity index (χ3n) is 4.07. The van der Waals surface area contributed by atoms with E-state index >= 15 is 0 Å². The zero-order valence-electron chi connectivity index (χ0n) is 12.9. The van der Waals surface area contributed by atoms with Crippen LogP contribution in [0.15, 0.2) is 24.3 Å². The van der Waals surface area contributed by atoms with E-state index in [4.69, 9.17) is 17.3 Å². The molecule has 0 radical (unpaired) electrons. The van der Waals surface area contributed by atoms with Crippen LogP contribution in [0.1, 0.15) is 29.8 Å². The van der Waals surface area contributed by atoms with E-state index in [1.54, 1.807) is 17.0 Å². The van der Waals surface area contributed by atoms with E-state index in [9.17, 15) is 9.18 Å². The summed E-state index contributed by atoms with van der Waals surface area (Å²) in [4.78, 5) is 19.6. The molecule has 1 aliphatic heterocycles. The quantitative estimate of drug-likeness (QED) is 0.863. The van der Waals surface area contributed by atoms with Crippen LogP contribution in [0.2, 0.25) is 4.47 Å². The summed E-state index contributed by atoms with van der Waals surface area (Å²) in [5.41, 5.74) is 6.86. The van der Waals surface area contributed by atoms with Gasteiger partial charge in [-0.3, -0.25) is 4.79 Å². The predicted molar refractivity (Wildman–Crippen MR) is 97.5 cm³/mol. The Morgan fingerprint density at radius 2 is 2.08 bits per heavy atom. The summed E-state index contributed by atoms with van der Waals surface area (Å²) in [5.74, 6) is -0.473. The van der Waals surface area contributed by atoms with Crippen LogP contribution >= 0.6 is 35.3 Å². The highest BCUT2D eigenvalue weighted by Crippen LogP contribution is 2.34. The predicted octanol–water partition coefficient (Wildman–Crippen LogP) is 3.98. The van der Waals surface area contributed by atoms with E-state index in [1.165, 1.54) is 23.5 Å². The molecule has 1 aromatic carbocycles. The minimum atomic E-state index is -0.323. The van der Waals surface area contributed by atoms with Gasteiger partial charge in [0, 0.05) is 19.1 Å². The van der Waals surface area contributed by atoms with Gasteiger partial charge in [-0.2, -0.15) is 0 Å². The third kappa shape index (κ3) is 3.88. The van der Waals surface area contributed by atoms with E-state index in [0.29, 0.717) is 28.1 Å². The number of thiazole rings is 1. The average Bonchev–Trinajstić information content (AvgIpc) is 2.96. The maximum atomic E-state index is 13.1. The topological polar surface area (TPSA) is 59.2 Å². The van der Waals surface area contributed by atoms with Crippen molar-refractivity contribution in [2.45, 2.75) is 25.3 Å². The lowest BCUT2D eigenvalue weighted by atomic mass is 10.0. The minimum absolute atomic E-state index is 0. The Kier molecular flexibility index (Phi) is 6.57. The Balaban J connectivity index is 0.00000208. The lowest BCUT2D eigenvalue weighted by molar-refractivity contribution is 0.0619. The van der Waals surface area contributed by atoms with Crippen molar-refractivity contribution in [3.05, 3.63) is 40.2 Å². The second-order valence-corrected chi connectivity index (χ2v) is 7.12. The number of piperidine rings is 1. The molecule has 3 rings (SSSR count). The highest BCUT2D eigenvalue weighted by Gasteiger charge is 2.30. The number of benzene rings is 1. The summed E-state index contributed by atoms with van der Waals surface area (Å²) >= 11 is 7.27. The van der Waals surface area contributed by atoms with Crippen LogP contribution in [-0.4, -0.2) is 34.9 Å². The Morgan fingerprint density at radius 3 is 2.75 bits per heavy atom. The number of nitrogens with two attached hydrogens (primary N) is 1. The normalized spacial score (nSPS) is 17.5. The molecule has 4 nitrogen and oxygen atoms in total. The number of carbonyl (C=O) groups excluding carboxylic acids is 1. The molecular formula is C16H18Cl2FN3OS. The second-order valence-electron chi connectivity index (χ2n) is 5.54. The molecule has 1 fully saturated rings. The van der Waals surface area contributed by atoms with Crippen LogP contribution in [0, 0.1) is 5.82 Å². The Hall–Kier alpha value is -1.21. The number of carbonyl (C=O) groups is 1. The molecule has 1 aromatic heterocycles. The van der Waals surface area contributed by atoms with Crippen molar-refractivity contribution in [1.82, 2.24) is 9.88 Å². The number of hydrogen-bond donors (Lipinski definition) is 1. The van der Waals surface area contributed by atoms with E-state index in [0.717, 1.165) is 24.8 Å². The van der Waals surface area contributed by atoms with Gasteiger partial charge in [0.05, 0.1) is 4.88 Å². The third-order valence-corrected chi connectivity index (χ3v) is 5.28. The summed E-state index contributed by atoms with van der Waals surface area (Å²) in [6, 6.07) is 6.03. The molecule has 0 bridgehead atoms. The summed E-state index contributed by atoms with van der Waals surface area (Å²) in [7, 11) is 0. The fourth-order valence-corrected chi connectivity index (χ4v) is 3.99. The highest BCUT2D eigenvalue weighted by molar-refractivity contribution is 7.19. The highest BCUT2D eigenvalue weighted by atomic mass is 35.5. The summed E-state index contributed by atoms with van der Waals surface area (Å²) in [6.07, 6.45) is 2.95. The van der Waals surface area contributed by atoms with E-state index in [-0.39, 0.29) is 30.2 Å². The van der Waals surface area contributed by atoms with Gasteiger partial charge in [0.1, 0.15) is 11.5 Å².